The Hall–Kier alpha value is -0.0831. The van der Waals surface area contributed by atoms with Gasteiger partial charge in [0.15, 0.2) is 8.32 Å². The van der Waals surface area contributed by atoms with Crippen LogP contribution in [0.4, 0.5) is 0 Å². The summed E-state index contributed by atoms with van der Waals surface area (Å²) < 4.78 is 6.48. The maximum absolute atomic E-state index is 6.48. The van der Waals surface area contributed by atoms with Gasteiger partial charge in [-0.1, -0.05) is 32.9 Å². The molecule has 3 atom stereocenters. The second-order valence-electron chi connectivity index (χ2n) is 6.70. The molecule has 1 fully saturated rings. The molecule has 0 saturated heterocycles. The van der Waals surface area contributed by atoms with E-state index < -0.39 is 8.32 Å². The molecule has 2 rings (SSSR count). The zero-order valence-corrected chi connectivity index (χ0v) is 11.7. The van der Waals surface area contributed by atoms with Gasteiger partial charge in [-0.3, -0.25) is 0 Å². The van der Waals surface area contributed by atoms with Gasteiger partial charge in [0.1, 0.15) is 0 Å². The van der Waals surface area contributed by atoms with Gasteiger partial charge >= 0.3 is 0 Å². The quantitative estimate of drug-likeness (QED) is 0.509. The molecule has 0 aromatic heterocycles. The van der Waals surface area contributed by atoms with Gasteiger partial charge in [0.25, 0.3) is 0 Å². The van der Waals surface area contributed by atoms with Crippen LogP contribution in [0.2, 0.25) is 18.1 Å². The van der Waals surface area contributed by atoms with E-state index in [1.165, 1.54) is 12.8 Å². The third-order valence-corrected chi connectivity index (χ3v) is 8.97. The molecular formula is C13H24OSi. The normalized spacial score (nSPS) is 35.1. The molecule has 0 aromatic rings. The van der Waals surface area contributed by atoms with Crippen LogP contribution in [0.3, 0.4) is 0 Å². The maximum atomic E-state index is 6.48. The Bertz CT molecular complexity index is 275. The van der Waals surface area contributed by atoms with Crippen LogP contribution in [0.5, 0.6) is 0 Å². The zero-order valence-electron chi connectivity index (χ0n) is 10.7. The largest absolute Gasteiger partial charge is 0.413 e. The summed E-state index contributed by atoms with van der Waals surface area (Å²) in [5, 5.41) is 0.346. The van der Waals surface area contributed by atoms with Gasteiger partial charge in [-0.2, -0.15) is 0 Å². The number of fused-ring (bicyclic) bond motifs is 2. The van der Waals surface area contributed by atoms with E-state index in [9.17, 15) is 0 Å². The van der Waals surface area contributed by atoms with Crippen LogP contribution in [0.15, 0.2) is 12.2 Å². The fraction of sp³-hybridized carbons (Fsp3) is 0.846. The number of hydrogen-bond acceptors (Lipinski definition) is 1. The molecule has 0 spiro atoms. The number of allylic oxidation sites excluding steroid dienone is 1. The topological polar surface area (TPSA) is 9.23 Å². The highest BCUT2D eigenvalue weighted by molar-refractivity contribution is 6.74. The predicted molar refractivity (Wildman–Crippen MR) is 67.4 cm³/mol. The maximum Gasteiger partial charge on any atom is 0.192 e. The fourth-order valence-electron chi connectivity index (χ4n) is 2.42. The summed E-state index contributed by atoms with van der Waals surface area (Å²) in [6.45, 7) is 11.7. The molecule has 0 N–H and O–H groups in total. The molecule has 2 aliphatic carbocycles. The second-order valence-corrected chi connectivity index (χ2v) is 11.5. The van der Waals surface area contributed by atoms with Crippen LogP contribution in [-0.4, -0.2) is 14.4 Å². The van der Waals surface area contributed by atoms with Gasteiger partial charge in [0.2, 0.25) is 0 Å². The van der Waals surface area contributed by atoms with Crippen LogP contribution in [0.1, 0.15) is 33.6 Å². The average molecular weight is 224 g/mol. The third-order valence-electron chi connectivity index (χ3n) is 4.47. The van der Waals surface area contributed by atoms with Crippen molar-refractivity contribution < 1.29 is 4.43 Å². The van der Waals surface area contributed by atoms with Gasteiger partial charge < -0.3 is 4.43 Å². The minimum absolute atomic E-state index is 0.346. The molecule has 2 heteroatoms. The van der Waals surface area contributed by atoms with Crippen molar-refractivity contribution in [2.24, 2.45) is 11.8 Å². The van der Waals surface area contributed by atoms with Crippen molar-refractivity contribution in [2.75, 3.05) is 0 Å². The first-order valence-electron chi connectivity index (χ1n) is 6.16. The van der Waals surface area contributed by atoms with Gasteiger partial charge in [-0.15, -0.1) is 0 Å². The lowest BCUT2D eigenvalue weighted by molar-refractivity contribution is 0.155. The lowest BCUT2D eigenvalue weighted by atomic mass is 10.1. The molecule has 0 heterocycles. The predicted octanol–water partition coefficient (Wildman–Crippen LogP) is 3.97. The minimum Gasteiger partial charge on any atom is -0.413 e. The van der Waals surface area contributed by atoms with Crippen molar-refractivity contribution in [3.63, 3.8) is 0 Å². The molecule has 0 amide bonds. The lowest BCUT2D eigenvalue weighted by Crippen LogP contribution is -2.44. The molecule has 0 aliphatic heterocycles. The van der Waals surface area contributed by atoms with Gasteiger partial charge in [-0.05, 0) is 36.9 Å². The summed E-state index contributed by atoms with van der Waals surface area (Å²) in [4.78, 5) is 0. The standard InChI is InChI=1S/C13H24OSi/c1-13(2,3)15(4,5)14-12-9-10-6-7-11(12)8-10/h6-7,10-12H,8-9H2,1-5H3/t10-,11+,12+/m1/s1. The summed E-state index contributed by atoms with van der Waals surface area (Å²) in [7, 11) is -1.54. The lowest BCUT2D eigenvalue weighted by Gasteiger charge is -2.39. The highest BCUT2D eigenvalue weighted by atomic mass is 28.4. The summed E-state index contributed by atoms with van der Waals surface area (Å²) in [6, 6.07) is 0. The molecule has 0 unspecified atom stereocenters. The zero-order chi connectivity index (χ0) is 11.3. The molecule has 1 nitrogen and oxygen atoms in total. The number of rotatable bonds is 2. The minimum atomic E-state index is -1.54. The van der Waals surface area contributed by atoms with Crippen LogP contribution in [-0.2, 0) is 4.43 Å². The second kappa shape index (κ2) is 3.46. The van der Waals surface area contributed by atoms with Crippen molar-refractivity contribution >= 4 is 8.32 Å². The van der Waals surface area contributed by atoms with E-state index in [0.29, 0.717) is 11.1 Å². The molecule has 1 saturated carbocycles. The van der Waals surface area contributed by atoms with Crippen LogP contribution >= 0.6 is 0 Å². The Morgan fingerprint density at radius 3 is 2.20 bits per heavy atom. The van der Waals surface area contributed by atoms with Crippen molar-refractivity contribution in [3.05, 3.63) is 12.2 Å². The smallest absolute Gasteiger partial charge is 0.192 e. The van der Waals surface area contributed by atoms with E-state index in [1.807, 2.05) is 0 Å². The van der Waals surface area contributed by atoms with E-state index in [1.54, 1.807) is 0 Å². The van der Waals surface area contributed by atoms with Crippen molar-refractivity contribution in [2.45, 2.75) is 57.8 Å². The van der Waals surface area contributed by atoms with Crippen LogP contribution in [0, 0.1) is 11.8 Å². The summed E-state index contributed by atoms with van der Waals surface area (Å²) in [5.74, 6) is 1.55. The number of hydrogen-bond donors (Lipinski definition) is 0. The van der Waals surface area contributed by atoms with Crippen LogP contribution < -0.4 is 0 Å². The Morgan fingerprint density at radius 2 is 1.80 bits per heavy atom. The highest BCUT2D eigenvalue weighted by Crippen LogP contribution is 2.45. The Morgan fingerprint density at radius 1 is 1.13 bits per heavy atom. The monoisotopic (exact) mass is 224 g/mol. The van der Waals surface area contributed by atoms with Gasteiger partial charge in [-0.25, -0.2) is 0 Å². The summed E-state index contributed by atoms with van der Waals surface area (Å²) in [6.07, 6.45) is 7.91. The Balaban J connectivity index is 2.01. The highest BCUT2D eigenvalue weighted by Gasteiger charge is 2.44. The third kappa shape index (κ3) is 2.07. The Kier molecular flexibility index (Phi) is 2.63. The molecule has 2 aliphatic rings. The molecule has 15 heavy (non-hydrogen) atoms. The van der Waals surface area contributed by atoms with E-state index >= 15 is 0 Å². The van der Waals surface area contributed by atoms with Crippen molar-refractivity contribution in [1.82, 2.24) is 0 Å². The molecular weight excluding hydrogens is 200 g/mol. The van der Waals surface area contributed by atoms with Crippen molar-refractivity contribution in [3.8, 4) is 0 Å². The van der Waals surface area contributed by atoms with Gasteiger partial charge in [0, 0.05) is 5.92 Å². The van der Waals surface area contributed by atoms with Gasteiger partial charge in [0.05, 0.1) is 6.10 Å². The molecule has 0 aromatic carbocycles. The first kappa shape index (κ1) is 11.4. The van der Waals surface area contributed by atoms with E-state index in [2.05, 4.69) is 46.0 Å². The molecule has 86 valence electrons. The first-order chi connectivity index (χ1) is 6.79. The average Bonchev–Trinajstić information content (AvgIpc) is 2.61. The van der Waals surface area contributed by atoms with Crippen LogP contribution in [0.25, 0.3) is 0 Å². The molecule has 0 radical (unpaired) electrons. The summed E-state index contributed by atoms with van der Waals surface area (Å²) in [5.41, 5.74) is 0. The van der Waals surface area contributed by atoms with E-state index in [4.69, 9.17) is 4.43 Å². The first-order valence-corrected chi connectivity index (χ1v) is 9.06. The van der Waals surface area contributed by atoms with E-state index in [-0.39, 0.29) is 0 Å². The Labute approximate surface area is 95.0 Å². The molecule has 2 bridgehead atoms. The van der Waals surface area contributed by atoms with E-state index in [0.717, 1.165) is 11.8 Å². The SMILES string of the molecule is CC(C)(C)[Si](C)(C)O[C@H]1C[C@@H]2C=C[C@H]1C2. The summed E-state index contributed by atoms with van der Waals surface area (Å²) >= 11 is 0. The van der Waals surface area contributed by atoms with Crippen molar-refractivity contribution in [1.29, 1.82) is 0 Å². The fourth-order valence-corrected chi connectivity index (χ4v) is 3.80.